The molecule has 0 N–H and O–H groups in total. The third-order valence-corrected chi connectivity index (χ3v) is 2.73. The van der Waals surface area contributed by atoms with Crippen LogP contribution in [-0.4, -0.2) is 46.5 Å². The van der Waals surface area contributed by atoms with E-state index in [0.717, 1.165) is 0 Å². The minimum atomic E-state index is -0.550. The maximum atomic E-state index is 11.6. The van der Waals surface area contributed by atoms with Crippen molar-refractivity contribution in [2.75, 3.05) is 34.5 Å². The molecule has 0 bridgehead atoms. The van der Waals surface area contributed by atoms with Crippen molar-refractivity contribution in [2.45, 2.75) is 6.92 Å². The first-order chi connectivity index (χ1) is 11.0. The molecule has 126 valence electrons. The number of hydrogen-bond acceptors (Lipinski definition) is 7. The lowest BCUT2D eigenvalue weighted by Crippen LogP contribution is -2.10. The molecule has 1 aromatic carbocycles. The molecule has 7 heteroatoms. The molecular formula is C16H20O7. The summed E-state index contributed by atoms with van der Waals surface area (Å²) in [4.78, 5) is 22.1. The van der Waals surface area contributed by atoms with Crippen molar-refractivity contribution in [2.24, 2.45) is 0 Å². The quantitative estimate of drug-likeness (QED) is 0.410. The van der Waals surface area contributed by atoms with Crippen molar-refractivity contribution in [3.8, 4) is 17.2 Å². The molecule has 0 unspecified atom stereocenters. The largest absolute Gasteiger partial charge is 0.493 e. The van der Waals surface area contributed by atoms with Gasteiger partial charge in [-0.15, -0.1) is 0 Å². The summed E-state index contributed by atoms with van der Waals surface area (Å²) in [5, 5.41) is 0. The summed E-state index contributed by atoms with van der Waals surface area (Å²) in [5.41, 5.74) is 0.677. The van der Waals surface area contributed by atoms with Crippen LogP contribution in [0.25, 0.3) is 6.08 Å². The molecule has 0 saturated heterocycles. The maximum absolute atomic E-state index is 11.6. The lowest BCUT2D eigenvalue weighted by atomic mass is 10.1. The number of methoxy groups -OCH3 is 3. The van der Waals surface area contributed by atoms with Gasteiger partial charge in [-0.1, -0.05) is 0 Å². The van der Waals surface area contributed by atoms with Crippen LogP contribution in [0, 0.1) is 0 Å². The van der Waals surface area contributed by atoms with Gasteiger partial charge in [0.05, 0.1) is 21.3 Å². The van der Waals surface area contributed by atoms with Crippen molar-refractivity contribution in [1.82, 2.24) is 0 Å². The number of hydrogen-bond donors (Lipinski definition) is 0. The molecule has 0 aliphatic rings. The Morgan fingerprint density at radius 2 is 1.52 bits per heavy atom. The Hall–Kier alpha value is -2.70. The topological polar surface area (TPSA) is 80.3 Å². The summed E-state index contributed by atoms with van der Waals surface area (Å²) < 4.78 is 25.2. The van der Waals surface area contributed by atoms with Gasteiger partial charge in [0.2, 0.25) is 5.75 Å². The molecule has 0 aromatic heterocycles. The minimum absolute atomic E-state index is 0.00198. The highest BCUT2D eigenvalue weighted by Crippen LogP contribution is 2.38. The molecule has 0 aliphatic carbocycles. The summed E-state index contributed by atoms with van der Waals surface area (Å²) in [5.74, 6) is 0.459. The smallest absolute Gasteiger partial charge is 0.330 e. The molecule has 0 aliphatic heterocycles. The Morgan fingerprint density at radius 3 is 2.00 bits per heavy atom. The SMILES string of the molecule is COc1cc(C=CC(=O)OCCOC(C)=O)cc(OC)c1OC. The van der Waals surface area contributed by atoms with Gasteiger partial charge in [0.15, 0.2) is 11.5 Å². The number of carbonyl (C=O) groups excluding carboxylic acids is 2. The Labute approximate surface area is 134 Å². The van der Waals surface area contributed by atoms with Crippen LogP contribution >= 0.6 is 0 Å². The van der Waals surface area contributed by atoms with E-state index in [1.165, 1.54) is 34.3 Å². The van der Waals surface area contributed by atoms with Gasteiger partial charge in [-0.3, -0.25) is 4.79 Å². The van der Waals surface area contributed by atoms with Crippen LogP contribution in [0.5, 0.6) is 17.2 Å². The number of rotatable bonds is 8. The summed E-state index contributed by atoms with van der Waals surface area (Å²) in [7, 11) is 4.53. The molecule has 0 spiro atoms. The van der Waals surface area contributed by atoms with Gasteiger partial charge in [0.1, 0.15) is 13.2 Å². The number of benzene rings is 1. The molecule has 1 aromatic rings. The average molecular weight is 324 g/mol. The molecule has 7 nitrogen and oxygen atoms in total. The van der Waals surface area contributed by atoms with Gasteiger partial charge < -0.3 is 23.7 Å². The second kappa shape index (κ2) is 9.34. The normalized spacial score (nSPS) is 10.3. The summed E-state index contributed by atoms with van der Waals surface area (Å²) in [6.45, 7) is 1.31. The van der Waals surface area contributed by atoms with Crippen LogP contribution < -0.4 is 14.2 Å². The van der Waals surface area contributed by atoms with E-state index in [1.807, 2.05) is 0 Å². The van der Waals surface area contributed by atoms with Crippen molar-refractivity contribution in [3.05, 3.63) is 23.8 Å². The Balaban J connectivity index is 2.72. The first-order valence-corrected chi connectivity index (χ1v) is 6.80. The zero-order valence-electron chi connectivity index (χ0n) is 13.6. The molecule has 1 rings (SSSR count). The molecule has 23 heavy (non-hydrogen) atoms. The van der Waals surface area contributed by atoms with E-state index in [1.54, 1.807) is 18.2 Å². The lowest BCUT2D eigenvalue weighted by molar-refractivity contribution is -0.147. The highest BCUT2D eigenvalue weighted by Gasteiger charge is 2.12. The van der Waals surface area contributed by atoms with Crippen LogP contribution in [0.2, 0.25) is 0 Å². The van der Waals surface area contributed by atoms with Gasteiger partial charge in [-0.25, -0.2) is 4.79 Å². The predicted octanol–water partition coefficient (Wildman–Crippen LogP) is 1.83. The van der Waals surface area contributed by atoms with E-state index in [9.17, 15) is 9.59 Å². The fourth-order valence-electron chi connectivity index (χ4n) is 1.74. The molecule has 0 atom stereocenters. The van der Waals surface area contributed by atoms with Crippen molar-refractivity contribution in [3.63, 3.8) is 0 Å². The average Bonchev–Trinajstić information content (AvgIpc) is 2.55. The molecule has 0 fully saturated rings. The van der Waals surface area contributed by atoms with Crippen LogP contribution in [-0.2, 0) is 19.1 Å². The van der Waals surface area contributed by atoms with E-state index in [-0.39, 0.29) is 13.2 Å². The van der Waals surface area contributed by atoms with Gasteiger partial charge >= 0.3 is 11.9 Å². The first-order valence-electron chi connectivity index (χ1n) is 6.80. The molecule has 0 saturated carbocycles. The number of esters is 2. The number of ether oxygens (including phenoxy) is 5. The van der Waals surface area contributed by atoms with E-state index < -0.39 is 11.9 Å². The van der Waals surface area contributed by atoms with Crippen molar-refractivity contribution < 1.29 is 33.3 Å². The fraction of sp³-hybridized carbons (Fsp3) is 0.375. The van der Waals surface area contributed by atoms with Gasteiger partial charge in [0, 0.05) is 13.0 Å². The Kier molecular flexibility index (Phi) is 7.45. The second-order valence-corrected chi connectivity index (χ2v) is 4.30. The monoisotopic (exact) mass is 324 g/mol. The zero-order chi connectivity index (χ0) is 17.2. The maximum Gasteiger partial charge on any atom is 0.330 e. The standard InChI is InChI=1S/C16H20O7/c1-11(17)22-7-8-23-15(18)6-5-12-9-13(19-2)16(21-4)14(10-12)20-3/h5-6,9-10H,7-8H2,1-4H3. The van der Waals surface area contributed by atoms with E-state index in [0.29, 0.717) is 22.8 Å². The van der Waals surface area contributed by atoms with Crippen LogP contribution in [0.15, 0.2) is 18.2 Å². The molecular weight excluding hydrogens is 304 g/mol. The first kappa shape index (κ1) is 18.3. The van der Waals surface area contributed by atoms with E-state index in [4.69, 9.17) is 18.9 Å². The third kappa shape index (κ3) is 5.90. The Morgan fingerprint density at radius 1 is 0.957 bits per heavy atom. The van der Waals surface area contributed by atoms with Gasteiger partial charge in [-0.2, -0.15) is 0 Å². The van der Waals surface area contributed by atoms with Gasteiger partial charge in [-0.05, 0) is 23.8 Å². The van der Waals surface area contributed by atoms with Crippen molar-refractivity contribution >= 4 is 18.0 Å². The summed E-state index contributed by atoms with van der Waals surface area (Å²) in [6.07, 6.45) is 2.81. The minimum Gasteiger partial charge on any atom is -0.493 e. The highest BCUT2D eigenvalue weighted by molar-refractivity contribution is 5.87. The third-order valence-electron chi connectivity index (χ3n) is 2.73. The predicted molar refractivity (Wildman–Crippen MR) is 82.7 cm³/mol. The molecule has 0 radical (unpaired) electrons. The molecule has 0 heterocycles. The van der Waals surface area contributed by atoms with Crippen LogP contribution in [0.1, 0.15) is 12.5 Å². The summed E-state index contributed by atoms with van der Waals surface area (Å²) >= 11 is 0. The highest BCUT2D eigenvalue weighted by atomic mass is 16.6. The second-order valence-electron chi connectivity index (χ2n) is 4.30. The Bertz CT molecular complexity index is 553. The van der Waals surface area contributed by atoms with Gasteiger partial charge in [0.25, 0.3) is 0 Å². The van der Waals surface area contributed by atoms with Crippen molar-refractivity contribution in [1.29, 1.82) is 0 Å². The number of carbonyl (C=O) groups is 2. The fourth-order valence-corrected chi connectivity index (χ4v) is 1.74. The van der Waals surface area contributed by atoms with E-state index in [2.05, 4.69) is 4.74 Å². The summed E-state index contributed by atoms with van der Waals surface area (Å²) in [6, 6.07) is 3.40. The van der Waals surface area contributed by atoms with Crippen LogP contribution in [0.3, 0.4) is 0 Å². The molecule has 0 amide bonds. The zero-order valence-corrected chi connectivity index (χ0v) is 13.6. The lowest BCUT2D eigenvalue weighted by Gasteiger charge is -2.12. The van der Waals surface area contributed by atoms with Crippen LogP contribution in [0.4, 0.5) is 0 Å². The van der Waals surface area contributed by atoms with E-state index >= 15 is 0 Å².